The number of hydrogen-bond acceptors (Lipinski definition) is 3. The minimum absolute atomic E-state index is 0.00259. The maximum atomic E-state index is 12.8. The minimum Gasteiger partial charge on any atom is -0.294 e. The summed E-state index contributed by atoms with van der Waals surface area (Å²) >= 11 is 0. The molecule has 2 atom stereocenters. The molecular weight excluding hydrogens is 296 g/mol. The van der Waals surface area contributed by atoms with Crippen molar-refractivity contribution < 1.29 is 13.2 Å². The fourth-order valence-corrected chi connectivity index (χ4v) is 4.72. The summed E-state index contributed by atoms with van der Waals surface area (Å²) in [4.78, 5) is 13.1. The second kappa shape index (κ2) is 4.54. The molecule has 2 saturated carbocycles. The van der Waals surface area contributed by atoms with Crippen LogP contribution in [-0.2, 0) is 14.6 Å². The lowest BCUT2D eigenvalue weighted by molar-refractivity contribution is -0.125. The maximum absolute atomic E-state index is 12.8. The summed E-state index contributed by atoms with van der Waals surface area (Å²) in [7, 11) is -3.18. The Morgan fingerprint density at radius 1 is 1.14 bits per heavy atom. The summed E-state index contributed by atoms with van der Waals surface area (Å²) in [5, 5.41) is 0. The molecule has 0 radical (unpaired) electrons. The summed E-state index contributed by atoms with van der Waals surface area (Å²) in [6, 6.07) is 6.76. The third-order valence-corrected chi connectivity index (χ3v) is 7.12. The van der Waals surface area contributed by atoms with E-state index in [-0.39, 0.29) is 16.6 Å². The fourth-order valence-electron chi connectivity index (χ4n) is 4.08. The molecule has 2 fully saturated rings. The van der Waals surface area contributed by atoms with E-state index in [1.165, 1.54) is 6.26 Å². The molecular formula is C18H22O3S. The van der Waals surface area contributed by atoms with E-state index in [4.69, 9.17) is 0 Å². The molecule has 22 heavy (non-hydrogen) atoms. The average molecular weight is 318 g/mol. The third-order valence-electron chi connectivity index (χ3n) is 6.00. The van der Waals surface area contributed by atoms with E-state index in [0.29, 0.717) is 10.8 Å². The highest BCUT2D eigenvalue weighted by Gasteiger charge is 2.63. The fraction of sp³-hybridized carbons (Fsp3) is 0.500. The van der Waals surface area contributed by atoms with E-state index < -0.39 is 9.84 Å². The summed E-state index contributed by atoms with van der Waals surface area (Å²) in [5.74, 6) is 0.570. The van der Waals surface area contributed by atoms with Gasteiger partial charge in [-0.15, -0.1) is 0 Å². The lowest BCUT2D eigenvalue weighted by Gasteiger charge is -2.31. The number of fused-ring (bicyclic) bond motifs is 2. The van der Waals surface area contributed by atoms with E-state index in [1.54, 1.807) is 24.3 Å². The van der Waals surface area contributed by atoms with Crippen LogP contribution in [0.3, 0.4) is 0 Å². The lowest BCUT2D eigenvalue weighted by atomic mass is 9.70. The van der Waals surface area contributed by atoms with Gasteiger partial charge >= 0.3 is 0 Å². The molecule has 0 heterocycles. The van der Waals surface area contributed by atoms with Gasteiger partial charge in [0.25, 0.3) is 0 Å². The van der Waals surface area contributed by atoms with E-state index in [9.17, 15) is 13.2 Å². The monoisotopic (exact) mass is 318 g/mol. The van der Waals surface area contributed by atoms with Crippen LogP contribution in [0.15, 0.2) is 34.7 Å². The first-order valence-electron chi connectivity index (χ1n) is 7.64. The van der Waals surface area contributed by atoms with E-state index in [2.05, 4.69) is 20.8 Å². The van der Waals surface area contributed by atoms with Crippen LogP contribution in [0.1, 0.15) is 39.2 Å². The Bertz CT molecular complexity index is 769. The zero-order valence-electron chi connectivity index (χ0n) is 13.5. The topological polar surface area (TPSA) is 51.2 Å². The van der Waals surface area contributed by atoms with Crippen molar-refractivity contribution in [3.63, 3.8) is 0 Å². The summed E-state index contributed by atoms with van der Waals surface area (Å²) < 4.78 is 23.0. The Balaban J connectivity index is 1.99. The number of hydrogen-bond donors (Lipinski definition) is 0. The second-order valence-corrected chi connectivity index (χ2v) is 9.43. The third kappa shape index (κ3) is 2.00. The standard InChI is InChI=1S/C18H22O3S/c1-17(2)15-9-10-18(17,3)16(19)14(15)11-12-5-7-13(8-6-12)22(4,20)21/h5-8,11,15H,9-10H2,1-4H3/b14-11+. The Morgan fingerprint density at radius 2 is 1.73 bits per heavy atom. The van der Waals surface area contributed by atoms with E-state index in [0.717, 1.165) is 24.0 Å². The zero-order chi connectivity index (χ0) is 16.3. The zero-order valence-corrected chi connectivity index (χ0v) is 14.3. The second-order valence-electron chi connectivity index (χ2n) is 7.42. The minimum atomic E-state index is -3.18. The first-order valence-corrected chi connectivity index (χ1v) is 9.53. The van der Waals surface area contributed by atoms with Gasteiger partial charge in [-0.2, -0.15) is 0 Å². The molecule has 1 aromatic rings. The molecule has 0 aromatic heterocycles. The Hall–Kier alpha value is -1.42. The van der Waals surface area contributed by atoms with Gasteiger partial charge in [0.05, 0.1) is 4.90 Å². The van der Waals surface area contributed by atoms with Crippen LogP contribution in [0.5, 0.6) is 0 Å². The molecule has 4 heteroatoms. The number of ketones is 1. The Kier molecular flexibility index (Phi) is 3.19. The normalized spacial score (nSPS) is 31.9. The first kappa shape index (κ1) is 15.5. The molecule has 2 aliphatic rings. The molecule has 0 spiro atoms. The number of Topliss-reactive ketones (excluding diaryl/α,β-unsaturated/α-hetero) is 1. The summed E-state index contributed by atoms with van der Waals surface area (Å²) in [6.07, 6.45) is 5.17. The molecule has 3 rings (SSSR count). The molecule has 118 valence electrons. The molecule has 1 aromatic carbocycles. The molecule has 2 aliphatic carbocycles. The van der Waals surface area contributed by atoms with Crippen LogP contribution in [0, 0.1) is 16.7 Å². The van der Waals surface area contributed by atoms with Crippen LogP contribution in [0.2, 0.25) is 0 Å². The number of carbonyl (C=O) groups is 1. The van der Waals surface area contributed by atoms with Crippen LogP contribution < -0.4 is 0 Å². The number of allylic oxidation sites excluding steroid dienone is 1. The van der Waals surface area contributed by atoms with Crippen molar-refractivity contribution in [2.75, 3.05) is 6.26 Å². The van der Waals surface area contributed by atoms with Gasteiger partial charge in [0.1, 0.15) is 0 Å². The van der Waals surface area contributed by atoms with Gasteiger partial charge in [-0.3, -0.25) is 4.79 Å². The molecule has 2 unspecified atom stereocenters. The van der Waals surface area contributed by atoms with Gasteiger partial charge in [0, 0.05) is 11.7 Å². The number of rotatable bonds is 2. The molecule has 0 amide bonds. The number of carbonyl (C=O) groups excluding carboxylic acids is 1. The highest BCUT2D eigenvalue weighted by Crippen LogP contribution is 2.65. The van der Waals surface area contributed by atoms with Gasteiger partial charge in [0.15, 0.2) is 15.6 Å². The quantitative estimate of drug-likeness (QED) is 0.784. The van der Waals surface area contributed by atoms with Gasteiger partial charge in [-0.1, -0.05) is 32.9 Å². The molecule has 0 saturated heterocycles. The molecule has 0 N–H and O–H groups in total. The highest BCUT2D eigenvalue weighted by molar-refractivity contribution is 7.90. The maximum Gasteiger partial charge on any atom is 0.175 e. The first-order chi connectivity index (χ1) is 10.1. The lowest BCUT2D eigenvalue weighted by Crippen LogP contribution is -2.32. The van der Waals surface area contributed by atoms with Crippen molar-refractivity contribution >= 4 is 21.7 Å². The van der Waals surface area contributed by atoms with E-state index >= 15 is 0 Å². The molecule has 3 nitrogen and oxygen atoms in total. The molecule has 2 bridgehead atoms. The predicted molar refractivity (Wildman–Crippen MR) is 87.1 cm³/mol. The molecule has 0 aliphatic heterocycles. The van der Waals surface area contributed by atoms with Gasteiger partial charge < -0.3 is 0 Å². The smallest absolute Gasteiger partial charge is 0.175 e. The van der Waals surface area contributed by atoms with Crippen LogP contribution >= 0.6 is 0 Å². The largest absolute Gasteiger partial charge is 0.294 e. The van der Waals surface area contributed by atoms with Crippen LogP contribution in [0.25, 0.3) is 6.08 Å². The van der Waals surface area contributed by atoms with Crippen molar-refractivity contribution in [2.45, 2.75) is 38.5 Å². The van der Waals surface area contributed by atoms with Crippen molar-refractivity contribution in [3.8, 4) is 0 Å². The van der Waals surface area contributed by atoms with Crippen LogP contribution in [0.4, 0.5) is 0 Å². The number of benzene rings is 1. The summed E-state index contributed by atoms with van der Waals surface area (Å²) in [5.41, 5.74) is 1.55. The Labute approximate surface area is 132 Å². The predicted octanol–water partition coefficient (Wildman–Crippen LogP) is 3.50. The van der Waals surface area contributed by atoms with Crippen molar-refractivity contribution in [2.24, 2.45) is 16.7 Å². The summed E-state index contributed by atoms with van der Waals surface area (Å²) in [6.45, 7) is 6.47. The van der Waals surface area contributed by atoms with Crippen molar-refractivity contribution in [1.29, 1.82) is 0 Å². The van der Waals surface area contributed by atoms with Gasteiger partial charge in [0.2, 0.25) is 0 Å². The SMILES string of the molecule is CC12CCC(/C(=C\c3ccc(S(C)(=O)=O)cc3)C1=O)C2(C)C. The van der Waals surface area contributed by atoms with Crippen molar-refractivity contribution in [3.05, 3.63) is 35.4 Å². The van der Waals surface area contributed by atoms with Crippen LogP contribution in [-0.4, -0.2) is 20.5 Å². The van der Waals surface area contributed by atoms with E-state index in [1.807, 2.05) is 6.08 Å². The van der Waals surface area contributed by atoms with Gasteiger partial charge in [-0.05, 0) is 53.5 Å². The number of sulfone groups is 1. The van der Waals surface area contributed by atoms with Crippen molar-refractivity contribution in [1.82, 2.24) is 0 Å². The average Bonchev–Trinajstić information content (AvgIpc) is 2.73. The van der Waals surface area contributed by atoms with Gasteiger partial charge in [-0.25, -0.2) is 8.42 Å². The Morgan fingerprint density at radius 3 is 2.18 bits per heavy atom. The highest BCUT2D eigenvalue weighted by atomic mass is 32.2.